The van der Waals surface area contributed by atoms with Gasteiger partial charge in [0.15, 0.2) is 0 Å². The summed E-state index contributed by atoms with van der Waals surface area (Å²) in [6, 6.07) is 4.01. The minimum absolute atomic E-state index is 0.00671. The van der Waals surface area contributed by atoms with Gasteiger partial charge in [0.2, 0.25) is 0 Å². The molecule has 0 fully saturated rings. The van der Waals surface area contributed by atoms with Crippen molar-refractivity contribution in [3.05, 3.63) is 22.4 Å². The molecule has 98 valence electrons. The molecule has 0 aliphatic rings. The zero-order valence-electron chi connectivity index (χ0n) is 10.5. The highest BCUT2D eigenvalue weighted by Crippen LogP contribution is 2.30. The lowest BCUT2D eigenvalue weighted by molar-refractivity contribution is 0.0907. The lowest BCUT2D eigenvalue weighted by Gasteiger charge is -2.30. The Labute approximate surface area is 120 Å². The van der Waals surface area contributed by atoms with E-state index in [2.05, 4.69) is 25.2 Å². The van der Waals surface area contributed by atoms with Crippen LogP contribution in [-0.4, -0.2) is 17.3 Å². The van der Waals surface area contributed by atoms with Crippen LogP contribution in [-0.2, 0) is 0 Å². The normalized spacial score (nSPS) is 11.9. The quantitative estimate of drug-likeness (QED) is 0.810. The van der Waals surface area contributed by atoms with Gasteiger partial charge in [-0.3, -0.25) is 4.79 Å². The van der Waals surface area contributed by atoms with Crippen molar-refractivity contribution in [3.8, 4) is 0 Å². The van der Waals surface area contributed by atoms with E-state index in [9.17, 15) is 4.79 Å². The summed E-state index contributed by atoms with van der Waals surface area (Å²) >= 11 is 9.21. The minimum atomic E-state index is -0.282. The number of alkyl halides is 1. The Bertz CT molecular complexity index is 505. The third-order valence-electron chi connectivity index (χ3n) is 3.35. The predicted octanol–water partition coefficient (Wildman–Crippen LogP) is 4.49. The molecule has 0 spiro atoms. The van der Waals surface area contributed by atoms with Gasteiger partial charge in [0.1, 0.15) is 0 Å². The van der Waals surface area contributed by atoms with Gasteiger partial charge in [0.05, 0.1) is 10.4 Å². The molecule has 0 aromatic carbocycles. The fourth-order valence-corrected chi connectivity index (χ4v) is 4.28. The van der Waals surface area contributed by atoms with Crippen LogP contribution in [0.5, 0.6) is 0 Å². The fourth-order valence-electron chi connectivity index (χ4n) is 1.83. The van der Waals surface area contributed by atoms with E-state index in [0.29, 0.717) is 5.88 Å². The lowest BCUT2D eigenvalue weighted by Crippen LogP contribution is -2.49. The molecule has 2 heterocycles. The van der Waals surface area contributed by atoms with Crippen LogP contribution in [0.4, 0.5) is 0 Å². The smallest absolute Gasteiger partial charge is 0.261 e. The van der Waals surface area contributed by atoms with Crippen LogP contribution in [0.1, 0.15) is 36.4 Å². The second-order valence-corrected chi connectivity index (χ2v) is 6.63. The maximum atomic E-state index is 12.2. The molecule has 1 amide bonds. The Morgan fingerprint density at radius 1 is 1.39 bits per heavy atom. The molecular formula is C13H16ClNOS2. The maximum absolute atomic E-state index is 12.2. The predicted molar refractivity (Wildman–Crippen MR) is 81.2 cm³/mol. The SMILES string of the molecule is CCC(CC)(CCl)NC(=O)c1cc2sccc2s1. The molecule has 0 bridgehead atoms. The molecule has 2 aromatic rings. The Balaban J connectivity index is 2.19. The van der Waals surface area contributed by atoms with Crippen LogP contribution in [0.2, 0.25) is 0 Å². The van der Waals surface area contributed by atoms with Crippen LogP contribution in [0.15, 0.2) is 17.5 Å². The number of carbonyl (C=O) groups excluding carboxylic acids is 1. The summed E-state index contributed by atoms with van der Waals surface area (Å²) in [5.74, 6) is 0.443. The van der Waals surface area contributed by atoms with Crippen molar-refractivity contribution >= 4 is 49.6 Å². The second kappa shape index (κ2) is 5.59. The van der Waals surface area contributed by atoms with E-state index < -0.39 is 0 Å². The highest BCUT2D eigenvalue weighted by atomic mass is 35.5. The van der Waals surface area contributed by atoms with E-state index in [1.54, 1.807) is 11.3 Å². The largest absolute Gasteiger partial charge is 0.345 e. The van der Waals surface area contributed by atoms with Gasteiger partial charge < -0.3 is 5.32 Å². The van der Waals surface area contributed by atoms with Crippen LogP contribution in [0.3, 0.4) is 0 Å². The zero-order chi connectivity index (χ0) is 13.2. The Hall–Kier alpha value is -0.580. The summed E-state index contributed by atoms with van der Waals surface area (Å²) in [5, 5.41) is 5.14. The highest BCUT2D eigenvalue weighted by molar-refractivity contribution is 7.27. The van der Waals surface area contributed by atoms with Gasteiger partial charge in [-0.25, -0.2) is 0 Å². The Kier molecular flexibility index (Phi) is 4.30. The molecule has 18 heavy (non-hydrogen) atoms. The number of amides is 1. The molecule has 5 heteroatoms. The first-order valence-electron chi connectivity index (χ1n) is 5.99. The summed E-state index contributed by atoms with van der Waals surface area (Å²) in [6.07, 6.45) is 1.69. The molecule has 0 aliphatic carbocycles. The number of rotatable bonds is 5. The van der Waals surface area contributed by atoms with Crippen LogP contribution >= 0.6 is 34.3 Å². The van der Waals surface area contributed by atoms with Crippen molar-refractivity contribution in [2.24, 2.45) is 0 Å². The number of hydrogen-bond donors (Lipinski definition) is 1. The number of carbonyl (C=O) groups is 1. The van der Waals surface area contributed by atoms with Crippen molar-refractivity contribution in [1.82, 2.24) is 5.32 Å². The standard InChI is InChI=1S/C13H16ClNOS2/c1-3-13(4-2,8-14)15-12(16)11-7-10-9(18-11)5-6-17-10/h5-7H,3-4,8H2,1-2H3,(H,15,16). The number of fused-ring (bicyclic) bond motifs is 1. The molecule has 2 nitrogen and oxygen atoms in total. The minimum Gasteiger partial charge on any atom is -0.345 e. The molecule has 0 aliphatic heterocycles. The van der Waals surface area contributed by atoms with E-state index >= 15 is 0 Å². The van der Waals surface area contributed by atoms with Crippen LogP contribution < -0.4 is 5.32 Å². The van der Waals surface area contributed by atoms with Crippen molar-refractivity contribution in [1.29, 1.82) is 0 Å². The molecule has 2 aromatic heterocycles. The Morgan fingerprint density at radius 2 is 2.11 bits per heavy atom. The van der Waals surface area contributed by atoms with E-state index in [1.165, 1.54) is 20.7 Å². The summed E-state index contributed by atoms with van der Waals surface area (Å²) < 4.78 is 2.35. The third-order valence-corrected chi connectivity index (χ3v) is 5.95. The molecule has 2 rings (SSSR count). The lowest BCUT2D eigenvalue weighted by atomic mass is 9.95. The molecule has 0 saturated carbocycles. The Morgan fingerprint density at radius 3 is 2.67 bits per heavy atom. The number of halogens is 1. The number of hydrogen-bond acceptors (Lipinski definition) is 3. The van der Waals surface area contributed by atoms with Gasteiger partial charge in [-0.05, 0) is 30.4 Å². The molecule has 0 saturated heterocycles. The summed E-state index contributed by atoms with van der Waals surface area (Å²) in [5.41, 5.74) is -0.282. The third kappa shape index (κ3) is 2.56. The van der Waals surface area contributed by atoms with Crippen LogP contribution in [0, 0.1) is 0 Å². The van der Waals surface area contributed by atoms with Gasteiger partial charge in [0, 0.05) is 15.3 Å². The number of thiophene rings is 2. The summed E-state index contributed by atoms with van der Waals surface area (Å²) in [7, 11) is 0. The van der Waals surface area contributed by atoms with E-state index in [1.807, 2.05) is 11.4 Å². The fraction of sp³-hybridized carbons (Fsp3) is 0.462. The summed E-state index contributed by atoms with van der Waals surface area (Å²) in [6.45, 7) is 4.11. The monoisotopic (exact) mass is 301 g/mol. The average molecular weight is 302 g/mol. The molecule has 1 N–H and O–H groups in total. The van der Waals surface area contributed by atoms with Gasteiger partial charge in [-0.2, -0.15) is 0 Å². The van der Waals surface area contributed by atoms with Gasteiger partial charge in [-0.1, -0.05) is 13.8 Å². The van der Waals surface area contributed by atoms with E-state index in [4.69, 9.17) is 11.6 Å². The van der Waals surface area contributed by atoms with Gasteiger partial charge >= 0.3 is 0 Å². The van der Waals surface area contributed by atoms with E-state index in [-0.39, 0.29) is 11.4 Å². The van der Waals surface area contributed by atoms with Crippen molar-refractivity contribution in [2.45, 2.75) is 32.2 Å². The van der Waals surface area contributed by atoms with Crippen LogP contribution in [0.25, 0.3) is 9.40 Å². The zero-order valence-corrected chi connectivity index (χ0v) is 12.8. The highest BCUT2D eigenvalue weighted by Gasteiger charge is 2.28. The molecule has 0 unspecified atom stereocenters. The van der Waals surface area contributed by atoms with Crippen molar-refractivity contribution in [2.75, 3.05) is 5.88 Å². The molecule has 0 radical (unpaired) electrons. The second-order valence-electron chi connectivity index (χ2n) is 4.33. The number of nitrogens with one attached hydrogen (secondary N) is 1. The maximum Gasteiger partial charge on any atom is 0.261 e. The van der Waals surface area contributed by atoms with Gasteiger partial charge in [-0.15, -0.1) is 34.3 Å². The average Bonchev–Trinajstić information content (AvgIpc) is 2.96. The molecule has 0 atom stereocenters. The summed E-state index contributed by atoms with van der Waals surface area (Å²) in [4.78, 5) is 13.0. The first kappa shape index (κ1) is 13.8. The molecular weight excluding hydrogens is 286 g/mol. The van der Waals surface area contributed by atoms with E-state index in [0.717, 1.165) is 17.7 Å². The first-order valence-corrected chi connectivity index (χ1v) is 8.22. The van der Waals surface area contributed by atoms with Crippen molar-refractivity contribution in [3.63, 3.8) is 0 Å². The van der Waals surface area contributed by atoms with Crippen molar-refractivity contribution < 1.29 is 4.79 Å². The first-order chi connectivity index (χ1) is 8.64. The topological polar surface area (TPSA) is 29.1 Å². The van der Waals surface area contributed by atoms with Gasteiger partial charge in [0.25, 0.3) is 5.91 Å².